The molecular formula is C19H19NO3S. The average Bonchev–Trinajstić information content (AvgIpc) is 2.58. The lowest BCUT2D eigenvalue weighted by atomic mass is 10.2. The van der Waals surface area contributed by atoms with Crippen molar-refractivity contribution in [2.45, 2.75) is 25.2 Å². The Morgan fingerprint density at radius 2 is 1.92 bits per heavy atom. The third-order valence-electron chi connectivity index (χ3n) is 3.36. The number of allylic oxidation sites excluding steroid dienone is 1. The maximum absolute atomic E-state index is 12.6. The predicted octanol–water partition coefficient (Wildman–Crippen LogP) is 4.12. The summed E-state index contributed by atoms with van der Waals surface area (Å²) in [7, 11) is -3.84. The quantitative estimate of drug-likeness (QED) is 0.741. The van der Waals surface area contributed by atoms with Gasteiger partial charge < -0.3 is 4.74 Å². The first-order chi connectivity index (χ1) is 11.5. The van der Waals surface area contributed by atoms with Gasteiger partial charge in [-0.25, -0.2) is 8.42 Å². The van der Waals surface area contributed by atoms with Crippen molar-refractivity contribution in [3.63, 3.8) is 0 Å². The Bertz CT molecular complexity index is 876. The Hall–Kier alpha value is -2.58. The van der Waals surface area contributed by atoms with Crippen LogP contribution in [0.2, 0.25) is 0 Å². The maximum Gasteiger partial charge on any atom is 0.216 e. The Balaban J connectivity index is 2.38. The molecule has 2 aromatic carbocycles. The zero-order valence-electron chi connectivity index (χ0n) is 13.7. The Labute approximate surface area is 142 Å². The molecule has 0 spiro atoms. The lowest BCUT2D eigenvalue weighted by Gasteiger charge is -2.06. The molecule has 0 amide bonds. The van der Waals surface area contributed by atoms with Crippen LogP contribution in [-0.4, -0.2) is 15.0 Å². The molecule has 0 fully saturated rings. The van der Waals surface area contributed by atoms with Crippen LogP contribution in [0, 0.1) is 18.3 Å². The van der Waals surface area contributed by atoms with Gasteiger partial charge in [-0.15, -0.1) is 0 Å². The van der Waals surface area contributed by atoms with E-state index in [4.69, 9.17) is 4.74 Å². The number of sulfone groups is 1. The number of nitriles is 1. The molecule has 4 nitrogen and oxygen atoms in total. The highest BCUT2D eigenvalue weighted by Gasteiger charge is 2.20. The maximum atomic E-state index is 12.6. The summed E-state index contributed by atoms with van der Waals surface area (Å²) in [5.41, 5.74) is 1.56. The SMILES string of the molecule is CCCOc1cccc(C=C(C#N)S(=O)(=O)c2ccc(C)cc2)c1. The van der Waals surface area contributed by atoms with Crippen LogP contribution in [-0.2, 0) is 9.84 Å². The van der Waals surface area contributed by atoms with Crippen molar-refractivity contribution >= 4 is 15.9 Å². The normalized spacial score (nSPS) is 11.8. The summed E-state index contributed by atoms with van der Waals surface area (Å²) in [4.78, 5) is -0.182. The average molecular weight is 341 g/mol. The molecule has 0 saturated carbocycles. The lowest BCUT2D eigenvalue weighted by Crippen LogP contribution is -2.03. The van der Waals surface area contributed by atoms with Gasteiger partial charge in [-0.2, -0.15) is 5.26 Å². The van der Waals surface area contributed by atoms with Gasteiger partial charge in [-0.3, -0.25) is 0 Å². The molecular weight excluding hydrogens is 322 g/mol. The smallest absolute Gasteiger partial charge is 0.216 e. The van der Waals surface area contributed by atoms with E-state index in [1.165, 1.54) is 18.2 Å². The van der Waals surface area contributed by atoms with Crippen LogP contribution in [0.15, 0.2) is 58.3 Å². The Kier molecular flexibility index (Phi) is 5.78. The number of rotatable bonds is 6. The largest absolute Gasteiger partial charge is 0.494 e. The first-order valence-electron chi connectivity index (χ1n) is 7.64. The van der Waals surface area contributed by atoms with Crippen molar-refractivity contribution in [1.82, 2.24) is 0 Å². The fourth-order valence-corrected chi connectivity index (χ4v) is 3.24. The molecule has 2 rings (SSSR count). The van der Waals surface area contributed by atoms with Gasteiger partial charge in [-0.05, 0) is 49.2 Å². The molecule has 5 heteroatoms. The van der Waals surface area contributed by atoms with Crippen LogP contribution in [0.25, 0.3) is 6.08 Å². The van der Waals surface area contributed by atoms with Gasteiger partial charge in [-0.1, -0.05) is 36.8 Å². The fraction of sp³-hybridized carbons (Fsp3) is 0.211. The molecule has 0 N–H and O–H groups in total. The van der Waals surface area contributed by atoms with Gasteiger partial charge in [0.05, 0.1) is 11.5 Å². The summed E-state index contributed by atoms with van der Waals surface area (Å²) in [5.74, 6) is 0.649. The van der Waals surface area contributed by atoms with Gasteiger partial charge in [0.15, 0.2) is 0 Å². The van der Waals surface area contributed by atoms with Crippen molar-refractivity contribution in [3.05, 3.63) is 64.6 Å². The van der Waals surface area contributed by atoms with Crippen molar-refractivity contribution < 1.29 is 13.2 Å². The summed E-state index contributed by atoms with van der Waals surface area (Å²) in [6.07, 6.45) is 2.25. The molecule has 0 heterocycles. The van der Waals surface area contributed by atoms with E-state index in [-0.39, 0.29) is 9.80 Å². The van der Waals surface area contributed by atoms with Crippen molar-refractivity contribution in [2.75, 3.05) is 6.61 Å². The van der Waals surface area contributed by atoms with E-state index in [1.54, 1.807) is 42.5 Å². The highest BCUT2D eigenvalue weighted by molar-refractivity contribution is 7.95. The highest BCUT2D eigenvalue weighted by Crippen LogP contribution is 2.23. The van der Waals surface area contributed by atoms with Crippen LogP contribution in [0.3, 0.4) is 0 Å². The standard InChI is InChI=1S/C19H19NO3S/c1-3-11-23-17-6-4-5-16(12-17)13-19(14-20)24(21,22)18-9-7-15(2)8-10-18/h4-10,12-13H,3,11H2,1-2H3. The first-order valence-corrected chi connectivity index (χ1v) is 9.12. The lowest BCUT2D eigenvalue weighted by molar-refractivity contribution is 0.317. The van der Waals surface area contributed by atoms with E-state index in [1.807, 2.05) is 13.8 Å². The molecule has 0 atom stereocenters. The minimum absolute atomic E-state index is 0.110. The third kappa shape index (κ3) is 4.24. The van der Waals surface area contributed by atoms with Gasteiger partial charge >= 0.3 is 0 Å². The summed E-state index contributed by atoms with van der Waals surface area (Å²) in [6.45, 7) is 4.46. The van der Waals surface area contributed by atoms with Crippen LogP contribution in [0.1, 0.15) is 24.5 Å². The molecule has 0 aliphatic heterocycles. The number of nitrogens with zero attached hydrogens (tertiary/aromatic N) is 1. The number of ether oxygens (including phenoxy) is 1. The molecule has 124 valence electrons. The van der Waals surface area contributed by atoms with Gasteiger partial charge in [0.1, 0.15) is 16.7 Å². The minimum atomic E-state index is -3.84. The second-order valence-corrected chi connectivity index (χ2v) is 7.28. The number of benzene rings is 2. The fourth-order valence-electron chi connectivity index (χ4n) is 2.08. The molecule has 2 aromatic rings. The van der Waals surface area contributed by atoms with E-state index >= 15 is 0 Å². The molecule has 24 heavy (non-hydrogen) atoms. The van der Waals surface area contributed by atoms with E-state index in [0.717, 1.165) is 12.0 Å². The Morgan fingerprint density at radius 1 is 1.21 bits per heavy atom. The topological polar surface area (TPSA) is 67.2 Å². The molecule has 0 saturated heterocycles. The van der Waals surface area contributed by atoms with Crippen molar-refractivity contribution in [1.29, 1.82) is 5.26 Å². The second-order valence-electron chi connectivity index (χ2n) is 5.36. The molecule has 0 unspecified atom stereocenters. The van der Waals surface area contributed by atoms with E-state index in [0.29, 0.717) is 17.9 Å². The molecule has 0 aliphatic carbocycles. The zero-order chi connectivity index (χ0) is 17.6. The zero-order valence-corrected chi connectivity index (χ0v) is 14.5. The number of aryl methyl sites for hydroxylation is 1. The van der Waals surface area contributed by atoms with Crippen LogP contribution < -0.4 is 4.74 Å². The summed E-state index contributed by atoms with van der Waals surface area (Å²) < 4.78 is 30.8. The third-order valence-corrected chi connectivity index (χ3v) is 5.04. The predicted molar refractivity (Wildman–Crippen MR) is 94.2 cm³/mol. The number of hydrogen-bond donors (Lipinski definition) is 0. The second kappa shape index (κ2) is 7.80. The van der Waals surface area contributed by atoms with E-state index < -0.39 is 9.84 Å². The van der Waals surface area contributed by atoms with Crippen LogP contribution >= 0.6 is 0 Å². The van der Waals surface area contributed by atoms with Gasteiger partial charge in [0.2, 0.25) is 9.84 Å². The Morgan fingerprint density at radius 3 is 2.54 bits per heavy atom. The van der Waals surface area contributed by atoms with Gasteiger partial charge in [0.25, 0.3) is 0 Å². The molecule has 0 bridgehead atoms. The minimum Gasteiger partial charge on any atom is -0.494 e. The number of hydrogen-bond acceptors (Lipinski definition) is 4. The highest BCUT2D eigenvalue weighted by atomic mass is 32.2. The van der Waals surface area contributed by atoms with Crippen LogP contribution in [0.4, 0.5) is 0 Å². The summed E-state index contributed by atoms with van der Waals surface area (Å²) in [5, 5.41) is 9.32. The molecule has 0 radical (unpaired) electrons. The summed E-state index contributed by atoms with van der Waals surface area (Å²) in [6, 6.07) is 15.3. The van der Waals surface area contributed by atoms with Gasteiger partial charge in [0, 0.05) is 0 Å². The summed E-state index contributed by atoms with van der Waals surface area (Å²) >= 11 is 0. The van der Waals surface area contributed by atoms with Crippen molar-refractivity contribution in [3.8, 4) is 11.8 Å². The monoisotopic (exact) mass is 341 g/mol. The van der Waals surface area contributed by atoms with Crippen LogP contribution in [0.5, 0.6) is 5.75 Å². The first kappa shape index (κ1) is 17.8. The van der Waals surface area contributed by atoms with E-state index in [2.05, 4.69) is 0 Å². The van der Waals surface area contributed by atoms with Crippen molar-refractivity contribution in [2.24, 2.45) is 0 Å². The molecule has 0 aromatic heterocycles. The van der Waals surface area contributed by atoms with E-state index in [9.17, 15) is 13.7 Å². The molecule has 0 aliphatic rings.